The van der Waals surface area contributed by atoms with Crippen molar-refractivity contribution in [3.05, 3.63) is 53.2 Å². The normalized spacial score (nSPS) is 13.8. The maximum atomic E-state index is 14.4. The van der Waals surface area contributed by atoms with E-state index in [0.717, 1.165) is 0 Å². The molecule has 3 heterocycles. The van der Waals surface area contributed by atoms with Gasteiger partial charge in [-0.15, -0.1) is 0 Å². The van der Waals surface area contributed by atoms with Crippen molar-refractivity contribution in [3.63, 3.8) is 0 Å². The molecule has 4 rings (SSSR count). The zero-order valence-electron chi connectivity index (χ0n) is 15.8. The monoisotopic (exact) mass is 447 g/mol. The van der Waals surface area contributed by atoms with Crippen LogP contribution in [0.25, 0.3) is 11.0 Å². The van der Waals surface area contributed by atoms with Gasteiger partial charge in [0.05, 0.1) is 28.0 Å². The number of benzene rings is 1. The molecule has 0 radical (unpaired) electrons. The van der Waals surface area contributed by atoms with Crippen LogP contribution in [-0.2, 0) is 4.79 Å². The number of carbonyl (C=O) groups excluding carboxylic acids is 1. The Hall–Kier alpha value is -3.04. The third-order valence-electron chi connectivity index (χ3n) is 4.86. The lowest BCUT2D eigenvalue weighted by atomic mass is 10.1. The Kier molecular flexibility index (Phi) is 5.40. The predicted molar refractivity (Wildman–Crippen MR) is 114 cm³/mol. The molecule has 0 saturated carbocycles. The average molecular weight is 448 g/mol. The number of likely N-dealkylation sites (tertiary alicyclic amines) is 1. The van der Waals surface area contributed by atoms with Crippen LogP contribution in [0.15, 0.2) is 37.3 Å². The second kappa shape index (κ2) is 8.00. The van der Waals surface area contributed by atoms with Crippen molar-refractivity contribution in [2.24, 2.45) is 0 Å². The van der Waals surface area contributed by atoms with Gasteiger partial charge in [-0.25, -0.2) is 24.3 Å². The first kappa shape index (κ1) is 20.2. The van der Waals surface area contributed by atoms with Crippen LogP contribution in [0.2, 0.25) is 10.0 Å². The lowest BCUT2D eigenvalue weighted by Gasteiger charge is -2.43. The van der Waals surface area contributed by atoms with E-state index in [0.29, 0.717) is 35.9 Å². The Morgan fingerprint density at radius 2 is 2.10 bits per heavy atom. The Balaban J connectivity index is 1.62. The number of halogens is 3. The van der Waals surface area contributed by atoms with E-state index in [4.69, 9.17) is 23.2 Å². The number of hydrogen-bond donors (Lipinski definition) is 1. The van der Waals surface area contributed by atoms with Crippen LogP contribution in [0.4, 0.5) is 21.8 Å². The van der Waals surface area contributed by atoms with E-state index in [1.165, 1.54) is 24.5 Å². The summed E-state index contributed by atoms with van der Waals surface area (Å²) in [6, 6.07) is 3.02. The molecule has 8 nitrogen and oxygen atoms in total. The van der Waals surface area contributed by atoms with Gasteiger partial charge in [-0.2, -0.15) is 0 Å². The van der Waals surface area contributed by atoms with Crippen molar-refractivity contribution in [1.29, 1.82) is 0 Å². The molecule has 1 amide bonds. The van der Waals surface area contributed by atoms with E-state index in [1.807, 2.05) is 11.9 Å². The Morgan fingerprint density at radius 3 is 2.83 bits per heavy atom. The number of nitrogens with zero attached hydrogens (tertiary/aromatic N) is 6. The minimum Gasteiger partial charge on any atom is -0.337 e. The second-order valence-corrected chi connectivity index (χ2v) is 7.47. The molecule has 0 bridgehead atoms. The van der Waals surface area contributed by atoms with Gasteiger partial charge in [-0.1, -0.05) is 29.8 Å². The van der Waals surface area contributed by atoms with Crippen LogP contribution in [0.3, 0.4) is 0 Å². The van der Waals surface area contributed by atoms with Gasteiger partial charge in [0.2, 0.25) is 11.9 Å². The summed E-state index contributed by atoms with van der Waals surface area (Å²) < 4.78 is 14.4. The van der Waals surface area contributed by atoms with Crippen LogP contribution >= 0.6 is 23.2 Å². The van der Waals surface area contributed by atoms with Gasteiger partial charge in [0.15, 0.2) is 11.6 Å². The summed E-state index contributed by atoms with van der Waals surface area (Å²) in [5.41, 5.74) is 1.01. The molecular formula is C19H16Cl2FN7O. The lowest BCUT2D eigenvalue weighted by Crippen LogP contribution is -2.60. The fourth-order valence-corrected chi connectivity index (χ4v) is 3.34. The van der Waals surface area contributed by atoms with Gasteiger partial charge in [-0.05, 0) is 18.2 Å². The molecule has 1 aromatic carbocycles. The van der Waals surface area contributed by atoms with E-state index in [9.17, 15) is 9.18 Å². The van der Waals surface area contributed by atoms with Crippen LogP contribution in [0.1, 0.15) is 0 Å². The molecule has 30 heavy (non-hydrogen) atoms. The van der Waals surface area contributed by atoms with Crippen molar-refractivity contribution in [2.45, 2.75) is 6.04 Å². The van der Waals surface area contributed by atoms with Gasteiger partial charge in [0.1, 0.15) is 17.4 Å². The fraction of sp³-hybridized carbons (Fsp3) is 0.211. The molecule has 1 N–H and O–H groups in total. The van der Waals surface area contributed by atoms with E-state index in [1.54, 1.807) is 11.1 Å². The number of hydrogen-bond acceptors (Lipinski definition) is 7. The SMILES string of the molecule is C=CC(=O)N1CC(N(C)c2ncc3ncnc(Nc4ccc(Cl)c(Cl)c4F)c3n2)C1. The molecule has 0 atom stereocenters. The first-order valence-corrected chi connectivity index (χ1v) is 9.67. The molecule has 2 aromatic heterocycles. The third-order valence-corrected chi connectivity index (χ3v) is 5.65. The minimum atomic E-state index is -0.691. The highest BCUT2D eigenvalue weighted by molar-refractivity contribution is 6.42. The molecule has 1 saturated heterocycles. The van der Waals surface area contributed by atoms with Gasteiger partial charge < -0.3 is 15.1 Å². The molecule has 1 aliphatic rings. The summed E-state index contributed by atoms with van der Waals surface area (Å²) in [6.45, 7) is 4.59. The van der Waals surface area contributed by atoms with Crippen LogP contribution in [-0.4, -0.2) is 56.9 Å². The maximum absolute atomic E-state index is 14.4. The van der Waals surface area contributed by atoms with Crippen molar-refractivity contribution in [3.8, 4) is 0 Å². The number of amides is 1. The molecular weight excluding hydrogens is 432 g/mol. The molecule has 1 aliphatic heterocycles. The van der Waals surface area contributed by atoms with E-state index in [2.05, 4.69) is 31.8 Å². The first-order chi connectivity index (χ1) is 14.4. The quantitative estimate of drug-likeness (QED) is 0.473. The number of aromatic nitrogens is 4. The van der Waals surface area contributed by atoms with Crippen molar-refractivity contribution >= 4 is 57.6 Å². The Bertz CT molecular complexity index is 1150. The number of rotatable bonds is 5. The highest BCUT2D eigenvalue weighted by Crippen LogP contribution is 2.32. The Morgan fingerprint density at radius 1 is 1.33 bits per heavy atom. The minimum absolute atomic E-state index is 0.0694. The summed E-state index contributed by atoms with van der Waals surface area (Å²) in [4.78, 5) is 32.5. The lowest BCUT2D eigenvalue weighted by molar-refractivity contribution is -0.130. The smallest absolute Gasteiger partial charge is 0.246 e. The first-order valence-electron chi connectivity index (χ1n) is 8.91. The van der Waals surface area contributed by atoms with Crippen molar-refractivity contribution in [2.75, 3.05) is 30.4 Å². The summed E-state index contributed by atoms with van der Waals surface area (Å²) >= 11 is 11.7. The average Bonchev–Trinajstić information content (AvgIpc) is 2.72. The number of carbonyl (C=O) groups is 1. The summed E-state index contributed by atoms with van der Waals surface area (Å²) in [5, 5.41) is 2.83. The number of fused-ring (bicyclic) bond motifs is 1. The standard InChI is InChI=1S/C19H16Cl2FN7O/c1-3-14(30)29-7-10(8-29)28(2)19-23-6-13-17(27-19)18(25-9-24-13)26-12-5-4-11(20)15(21)16(12)22/h3-6,9-10H,1,7-8H2,2H3,(H,24,25,26). The zero-order chi connectivity index (χ0) is 21.4. The Labute approximate surface area is 181 Å². The number of anilines is 3. The van der Waals surface area contributed by atoms with Gasteiger partial charge >= 0.3 is 0 Å². The van der Waals surface area contributed by atoms with E-state index < -0.39 is 5.82 Å². The summed E-state index contributed by atoms with van der Waals surface area (Å²) in [6.07, 6.45) is 4.19. The third kappa shape index (κ3) is 3.61. The van der Waals surface area contributed by atoms with Crippen LogP contribution in [0, 0.1) is 5.82 Å². The molecule has 0 spiro atoms. The number of likely N-dealkylation sites (N-methyl/N-ethyl adjacent to an activating group) is 1. The molecule has 3 aromatic rings. The molecule has 0 aliphatic carbocycles. The molecule has 1 fully saturated rings. The maximum Gasteiger partial charge on any atom is 0.246 e. The fourth-order valence-electron chi connectivity index (χ4n) is 3.03. The van der Waals surface area contributed by atoms with E-state index >= 15 is 0 Å². The predicted octanol–water partition coefficient (Wildman–Crippen LogP) is 3.44. The highest BCUT2D eigenvalue weighted by atomic mass is 35.5. The highest BCUT2D eigenvalue weighted by Gasteiger charge is 2.33. The molecule has 154 valence electrons. The van der Waals surface area contributed by atoms with Gasteiger partial charge in [0.25, 0.3) is 0 Å². The van der Waals surface area contributed by atoms with Crippen molar-refractivity contribution in [1.82, 2.24) is 24.8 Å². The van der Waals surface area contributed by atoms with Crippen LogP contribution in [0.5, 0.6) is 0 Å². The zero-order valence-corrected chi connectivity index (χ0v) is 17.3. The number of nitrogens with one attached hydrogen (secondary N) is 1. The molecule has 11 heteroatoms. The van der Waals surface area contributed by atoms with Gasteiger partial charge in [0, 0.05) is 20.1 Å². The molecule has 0 unspecified atom stereocenters. The second-order valence-electron chi connectivity index (χ2n) is 6.69. The van der Waals surface area contributed by atoms with Crippen molar-refractivity contribution < 1.29 is 9.18 Å². The summed E-state index contributed by atoms with van der Waals surface area (Å²) in [7, 11) is 1.84. The summed E-state index contributed by atoms with van der Waals surface area (Å²) in [5.74, 6) is -0.0662. The van der Waals surface area contributed by atoms with Gasteiger partial charge in [-0.3, -0.25) is 4.79 Å². The topological polar surface area (TPSA) is 87.1 Å². The van der Waals surface area contributed by atoms with E-state index in [-0.39, 0.29) is 27.7 Å². The largest absolute Gasteiger partial charge is 0.337 e. The van der Waals surface area contributed by atoms with Crippen LogP contribution < -0.4 is 10.2 Å².